The quantitative estimate of drug-likeness (QED) is 0.283. The molecule has 32 heavy (non-hydrogen) atoms. The number of rotatable bonds is 13. The van der Waals surface area contributed by atoms with E-state index in [0.717, 1.165) is 89.9 Å². The molecule has 1 aromatic heterocycles. The maximum absolute atomic E-state index is 5.85. The molecule has 0 radical (unpaired) electrons. The molecule has 1 aliphatic heterocycles. The lowest BCUT2D eigenvalue weighted by Gasteiger charge is -2.21. The lowest BCUT2D eigenvalue weighted by Crippen LogP contribution is -2.38. The van der Waals surface area contributed by atoms with Crippen LogP contribution >= 0.6 is 0 Å². The van der Waals surface area contributed by atoms with Crippen LogP contribution in [0.2, 0.25) is 0 Å². The van der Waals surface area contributed by atoms with Gasteiger partial charge in [0.05, 0.1) is 0 Å². The van der Waals surface area contributed by atoms with Crippen molar-refractivity contribution in [2.24, 2.45) is 10.9 Å². The van der Waals surface area contributed by atoms with Crippen molar-refractivity contribution in [3.8, 4) is 0 Å². The van der Waals surface area contributed by atoms with E-state index in [9.17, 15) is 0 Å². The van der Waals surface area contributed by atoms with Gasteiger partial charge in [0.1, 0.15) is 12.4 Å². The minimum absolute atomic E-state index is 0.563. The summed E-state index contributed by atoms with van der Waals surface area (Å²) in [5.74, 6) is 2.48. The number of nitrogens with zero attached hydrogens (tertiary/aromatic N) is 3. The van der Waals surface area contributed by atoms with Gasteiger partial charge in [0.25, 0.3) is 0 Å². The highest BCUT2D eigenvalue weighted by molar-refractivity contribution is 5.79. The molecule has 176 valence electrons. The highest BCUT2D eigenvalue weighted by atomic mass is 16.5. The third-order valence-corrected chi connectivity index (χ3v) is 5.68. The van der Waals surface area contributed by atoms with Crippen LogP contribution in [0.1, 0.15) is 44.0 Å². The van der Waals surface area contributed by atoms with E-state index in [1.807, 2.05) is 12.4 Å². The summed E-state index contributed by atoms with van der Waals surface area (Å²) < 4.78 is 13.5. The van der Waals surface area contributed by atoms with Crippen molar-refractivity contribution in [2.75, 3.05) is 39.5 Å². The predicted octanol–water partition coefficient (Wildman–Crippen LogP) is 3.40. The third kappa shape index (κ3) is 9.01. The molecular formula is C25H39N5O2. The molecule has 2 N–H and O–H groups in total. The molecule has 1 aromatic carbocycles. The van der Waals surface area contributed by atoms with Gasteiger partial charge in [0.2, 0.25) is 0 Å². The zero-order chi connectivity index (χ0) is 22.3. The number of imidazole rings is 1. The minimum Gasteiger partial charge on any atom is -0.381 e. The van der Waals surface area contributed by atoms with Crippen molar-refractivity contribution in [1.82, 2.24) is 20.2 Å². The van der Waals surface area contributed by atoms with Crippen molar-refractivity contribution in [1.29, 1.82) is 0 Å². The number of hydrogen-bond donors (Lipinski definition) is 2. The molecule has 0 aliphatic carbocycles. The highest BCUT2D eigenvalue weighted by Crippen LogP contribution is 2.14. The van der Waals surface area contributed by atoms with Crippen LogP contribution in [0, 0.1) is 5.92 Å². The van der Waals surface area contributed by atoms with Gasteiger partial charge >= 0.3 is 0 Å². The van der Waals surface area contributed by atoms with Gasteiger partial charge in [-0.3, -0.25) is 0 Å². The first-order valence-electron chi connectivity index (χ1n) is 12.1. The molecule has 2 heterocycles. The highest BCUT2D eigenvalue weighted by Gasteiger charge is 2.13. The number of nitrogens with one attached hydrogen (secondary N) is 2. The summed E-state index contributed by atoms with van der Waals surface area (Å²) in [6.07, 6.45) is 9.28. The van der Waals surface area contributed by atoms with E-state index < -0.39 is 0 Å². The van der Waals surface area contributed by atoms with Crippen LogP contribution < -0.4 is 10.6 Å². The van der Waals surface area contributed by atoms with E-state index in [0.29, 0.717) is 12.5 Å². The molecule has 1 saturated heterocycles. The SMILES string of the molecule is CCNC(=NCc1nccn1CCCc1ccccc1)NCCCOCC1CCOCC1. The number of aryl methyl sites for hydroxylation is 2. The molecule has 0 spiro atoms. The first kappa shape index (κ1) is 24.3. The fourth-order valence-corrected chi connectivity index (χ4v) is 3.83. The normalized spacial score (nSPS) is 15.1. The predicted molar refractivity (Wildman–Crippen MR) is 129 cm³/mol. The first-order valence-corrected chi connectivity index (χ1v) is 12.1. The Hall–Kier alpha value is -2.38. The summed E-state index contributed by atoms with van der Waals surface area (Å²) in [7, 11) is 0. The fourth-order valence-electron chi connectivity index (χ4n) is 3.83. The second-order valence-corrected chi connectivity index (χ2v) is 8.23. The van der Waals surface area contributed by atoms with Crippen molar-refractivity contribution in [3.63, 3.8) is 0 Å². The molecule has 3 rings (SSSR count). The van der Waals surface area contributed by atoms with Gasteiger partial charge < -0.3 is 24.7 Å². The molecular weight excluding hydrogens is 402 g/mol. The molecule has 1 aliphatic rings. The second-order valence-electron chi connectivity index (χ2n) is 8.23. The maximum atomic E-state index is 5.85. The number of aromatic nitrogens is 2. The summed E-state index contributed by atoms with van der Waals surface area (Å²) >= 11 is 0. The number of benzene rings is 1. The van der Waals surface area contributed by atoms with E-state index in [1.54, 1.807) is 0 Å². The molecule has 0 amide bonds. The maximum Gasteiger partial charge on any atom is 0.191 e. The van der Waals surface area contributed by atoms with Gasteiger partial charge in [-0.05, 0) is 50.5 Å². The second kappa shape index (κ2) is 14.6. The minimum atomic E-state index is 0.563. The van der Waals surface area contributed by atoms with Crippen LogP contribution in [0.15, 0.2) is 47.7 Å². The number of aliphatic imine (C=N–C) groups is 1. The molecule has 2 aromatic rings. The van der Waals surface area contributed by atoms with Gasteiger partial charge in [-0.2, -0.15) is 0 Å². The topological polar surface area (TPSA) is 72.7 Å². The van der Waals surface area contributed by atoms with Gasteiger partial charge in [0, 0.05) is 58.5 Å². The summed E-state index contributed by atoms with van der Waals surface area (Å²) in [4.78, 5) is 9.24. The first-order chi connectivity index (χ1) is 15.8. The zero-order valence-electron chi connectivity index (χ0n) is 19.5. The Morgan fingerprint density at radius 3 is 2.84 bits per heavy atom. The summed E-state index contributed by atoms with van der Waals surface area (Å²) in [6, 6.07) is 10.6. The Morgan fingerprint density at radius 1 is 1.19 bits per heavy atom. The zero-order valence-corrected chi connectivity index (χ0v) is 19.5. The Kier molecular flexibility index (Phi) is 11.1. The average Bonchev–Trinajstić information content (AvgIpc) is 3.28. The van der Waals surface area contributed by atoms with Crippen LogP contribution in [0.4, 0.5) is 0 Å². The lowest BCUT2D eigenvalue weighted by molar-refractivity contribution is 0.0203. The van der Waals surface area contributed by atoms with Crippen LogP contribution in [0.5, 0.6) is 0 Å². The number of guanidine groups is 1. The number of hydrogen-bond acceptors (Lipinski definition) is 4. The Bertz CT molecular complexity index is 772. The lowest BCUT2D eigenvalue weighted by atomic mass is 10.0. The van der Waals surface area contributed by atoms with Gasteiger partial charge in [-0.25, -0.2) is 9.98 Å². The average molecular weight is 442 g/mol. The summed E-state index contributed by atoms with van der Waals surface area (Å²) in [5.41, 5.74) is 1.38. The van der Waals surface area contributed by atoms with Crippen LogP contribution in [0.3, 0.4) is 0 Å². The molecule has 0 unspecified atom stereocenters. The summed E-state index contributed by atoms with van der Waals surface area (Å²) in [5, 5.41) is 6.73. The molecule has 0 saturated carbocycles. The van der Waals surface area contributed by atoms with E-state index >= 15 is 0 Å². The van der Waals surface area contributed by atoms with E-state index in [1.165, 1.54) is 5.56 Å². The molecule has 0 bridgehead atoms. The summed E-state index contributed by atoms with van der Waals surface area (Å²) in [6.45, 7) is 8.65. The van der Waals surface area contributed by atoms with E-state index in [2.05, 4.69) is 57.4 Å². The number of ether oxygens (including phenoxy) is 2. The monoisotopic (exact) mass is 441 g/mol. The van der Waals surface area contributed by atoms with Gasteiger partial charge in [0.15, 0.2) is 5.96 Å². The molecule has 1 fully saturated rings. The van der Waals surface area contributed by atoms with E-state index in [-0.39, 0.29) is 0 Å². The molecule has 7 nitrogen and oxygen atoms in total. The smallest absolute Gasteiger partial charge is 0.191 e. The van der Waals surface area contributed by atoms with Crippen molar-refractivity contribution in [2.45, 2.75) is 52.1 Å². The van der Waals surface area contributed by atoms with Crippen LogP contribution in [0.25, 0.3) is 0 Å². The van der Waals surface area contributed by atoms with Gasteiger partial charge in [-0.15, -0.1) is 0 Å². The molecule has 7 heteroatoms. The van der Waals surface area contributed by atoms with Crippen molar-refractivity contribution in [3.05, 3.63) is 54.1 Å². The Balaban J connectivity index is 1.35. The standard InChI is InChI=1S/C25H39N5O2/c1-2-26-25(28-13-7-17-32-21-23-11-18-31-19-12-23)29-20-24-27-14-16-30(24)15-6-10-22-8-4-3-5-9-22/h3-5,8-9,14,16,23H,2,6-7,10-13,15,17-21H2,1H3,(H2,26,28,29). The van der Waals surface area contributed by atoms with Crippen LogP contribution in [-0.4, -0.2) is 55.0 Å². The third-order valence-electron chi connectivity index (χ3n) is 5.68. The van der Waals surface area contributed by atoms with Crippen molar-refractivity contribution >= 4 is 5.96 Å². The Labute approximate surface area is 192 Å². The largest absolute Gasteiger partial charge is 0.381 e. The van der Waals surface area contributed by atoms with E-state index in [4.69, 9.17) is 14.5 Å². The molecule has 0 atom stereocenters. The fraction of sp³-hybridized carbons (Fsp3) is 0.600. The van der Waals surface area contributed by atoms with Crippen LogP contribution in [-0.2, 0) is 29.0 Å². The Morgan fingerprint density at radius 2 is 2.03 bits per heavy atom. The van der Waals surface area contributed by atoms with Gasteiger partial charge in [-0.1, -0.05) is 30.3 Å². The van der Waals surface area contributed by atoms with Crippen molar-refractivity contribution < 1.29 is 9.47 Å².